The molecule has 1 aliphatic heterocycles. The monoisotopic (exact) mass is 191 g/mol. The predicted molar refractivity (Wildman–Crippen MR) is 56.2 cm³/mol. The average Bonchev–Trinajstić information content (AvgIpc) is 2.19. The van der Waals surface area contributed by atoms with E-state index in [0.29, 0.717) is 5.92 Å². The van der Waals surface area contributed by atoms with Crippen molar-refractivity contribution in [1.82, 2.24) is 0 Å². The third-order valence-corrected chi connectivity index (χ3v) is 2.63. The number of nitrogens with zero attached hydrogens (tertiary/aromatic N) is 1. The third-order valence-electron chi connectivity index (χ3n) is 2.63. The molecule has 2 rings (SSSR count). The molecule has 0 spiro atoms. The van der Waals surface area contributed by atoms with Crippen LogP contribution in [-0.2, 0) is 0 Å². The van der Waals surface area contributed by atoms with Crippen LogP contribution in [0.2, 0.25) is 0 Å². The van der Waals surface area contributed by atoms with Gasteiger partial charge in [-0.2, -0.15) is 0 Å². The van der Waals surface area contributed by atoms with Gasteiger partial charge in [0.05, 0.1) is 0 Å². The van der Waals surface area contributed by atoms with Crippen LogP contribution in [0.15, 0.2) is 29.3 Å². The van der Waals surface area contributed by atoms with E-state index in [1.165, 1.54) is 6.07 Å². The summed E-state index contributed by atoms with van der Waals surface area (Å²) in [6, 6.07) is 6.70. The SMILES string of the molecule is CC1CCC(c2cccc(F)c2)=NC1. The molecule has 0 N–H and O–H groups in total. The topological polar surface area (TPSA) is 12.4 Å². The molecule has 2 heteroatoms. The van der Waals surface area contributed by atoms with E-state index in [9.17, 15) is 4.39 Å². The van der Waals surface area contributed by atoms with E-state index in [1.807, 2.05) is 6.07 Å². The highest BCUT2D eigenvalue weighted by Gasteiger charge is 2.12. The lowest BCUT2D eigenvalue weighted by Crippen LogP contribution is -2.14. The second-order valence-electron chi connectivity index (χ2n) is 3.94. The van der Waals surface area contributed by atoms with Gasteiger partial charge in [-0.05, 0) is 36.5 Å². The largest absolute Gasteiger partial charge is 0.289 e. The minimum absolute atomic E-state index is 0.177. The molecule has 1 aromatic rings. The van der Waals surface area contributed by atoms with E-state index >= 15 is 0 Å². The van der Waals surface area contributed by atoms with Crippen LogP contribution >= 0.6 is 0 Å². The van der Waals surface area contributed by atoms with Gasteiger partial charge in [0.2, 0.25) is 0 Å². The van der Waals surface area contributed by atoms with Crippen molar-refractivity contribution in [3.63, 3.8) is 0 Å². The van der Waals surface area contributed by atoms with Crippen molar-refractivity contribution in [2.75, 3.05) is 6.54 Å². The fourth-order valence-electron chi connectivity index (χ4n) is 1.72. The molecule has 1 heterocycles. The molecule has 0 aromatic heterocycles. The number of hydrogen-bond donors (Lipinski definition) is 0. The second-order valence-corrected chi connectivity index (χ2v) is 3.94. The Balaban J connectivity index is 2.23. The molecule has 0 fully saturated rings. The summed E-state index contributed by atoms with van der Waals surface area (Å²) in [5.74, 6) is 0.496. The maximum atomic E-state index is 12.9. The van der Waals surface area contributed by atoms with Gasteiger partial charge >= 0.3 is 0 Å². The molecule has 1 aliphatic rings. The Morgan fingerprint density at radius 2 is 2.29 bits per heavy atom. The maximum Gasteiger partial charge on any atom is 0.123 e. The van der Waals surface area contributed by atoms with Crippen molar-refractivity contribution < 1.29 is 4.39 Å². The Morgan fingerprint density at radius 1 is 1.43 bits per heavy atom. The Labute approximate surface area is 83.7 Å². The lowest BCUT2D eigenvalue weighted by Gasteiger charge is -2.17. The van der Waals surface area contributed by atoms with E-state index in [0.717, 1.165) is 30.7 Å². The van der Waals surface area contributed by atoms with Crippen LogP contribution in [-0.4, -0.2) is 12.3 Å². The van der Waals surface area contributed by atoms with Gasteiger partial charge in [-0.25, -0.2) is 4.39 Å². The molecule has 1 atom stereocenters. The molecule has 0 radical (unpaired) electrons. The van der Waals surface area contributed by atoms with E-state index in [-0.39, 0.29) is 5.82 Å². The second kappa shape index (κ2) is 3.91. The molecule has 0 bridgehead atoms. The summed E-state index contributed by atoms with van der Waals surface area (Å²) in [5.41, 5.74) is 2.00. The molecule has 0 saturated heterocycles. The highest BCUT2D eigenvalue weighted by atomic mass is 19.1. The normalized spacial score (nSPS) is 21.9. The van der Waals surface area contributed by atoms with Crippen LogP contribution in [0.4, 0.5) is 4.39 Å². The van der Waals surface area contributed by atoms with Crippen molar-refractivity contribution >= 4 is 5.71 Å². The maximum absolute atomic E-state index is 12.9. The fraction of sp³-hybridized carbons (Fsp3) is 0.417. The van der Waals surface area contributed by atoms with E-state index < -0.39 is 0 Å². The number of aliphatic imine (C=N–C) groups is 1. The number of hydrogen-bond acceptors (Lipinski definition) is 1. The van der Waals surface area contributed by atoms with Crippen molar-refractivity contribution in [2.24, 2.45) is 10.9 Å². The Morgan fingerprint density at radius 3 is 2.93 bits per heavy atom. The van der Waals surface area contributed by atoms with Gasteiger partial charge < -0.3 is 0 Å². The van der Waals surface area contributed by atoms with Gasteiger partial charge in [0.1, 0.15) is 5.82 Å². The Kier molecular flexibility index (Phi) is 2.62. The predicted octanol–water partition coefficient (Wildman–Crippen LogP) is 3.04. The highest BCUT2D eigenvalue weighted by molar-refractivity contribution is 6.00. The first-order valence-electron chi connectivity index (χ1n) is 5.05. The molecule has 74 valence electrons. The minimum Gasteiger partial charge on any atom is -0.289 e. The summed E-state index contributed by atoms with van der Waals surface area (Å²) in [4.78, 5) is 4.47. The van der Waals surface area contributed by atoms with Crippen LogP contribution in [0, 0.1) is 11.7 Å². The standard InChI is InChI=1S/C12H14FN/c1-9-5-6-12(14-8-9)10-3-2-4-11(13)7-10/h2-4,7,9H,5-6,8H2,1H3. The summed E-state index contributed by atoms with van der Waals surface area (Å²) >= 11 is 0. The van der Waals surface area contributed by atoms with Crippen molar-refractivity contribution in [3.05, 3.63) is 35.6 Å². The van der Waals surface area contributed by atoms with Crippen molar-refractivity contribution in [1.29, 1.82) is 0 Å². The smallest absolute Gasteiger partial charge is 0.123 e. The number of benzene rings is 1. The first-order chi connectivity index (χ1) is 6.75. The molecule has 0 saturated carbocycles. The van der Waals surface area contributed by atoms with Crippen LogP contribution in [0.1, 0.15) is 25.3 Å². The van der Waals surface area contributed by atoms with Crippen molar-refractivity contribution in [2.45, 2.75) is 19.8 Å². The Bertz CT molecular complexity index is 357. The van der Waals surface area contributed by atoms with Crippen LogP contribution in [0.25, 0.3) is 0 Å². The van der Waals surface area contributed by atoms with Crippen LogP contribution in [0.3, 0.4) is 0 Å². The first-order valence-corrected chi connectivity index (χ1v) is 5.05. The summed E-state index contributed by atoms with van der Waals surface area (Å²) in [6.45, 7) is 3.08. The van der Waals surface area contributed by atoms with E-state index in [2.05, 4.69) is 11.9 Å². The lowest BCUT2D eigenvalue weighted by atomic mass is 9.96. The van der Waals surface area contributed by atoms with Gasteiger partial charge in [-0.3, -0.25) is 4.99 Å². The molecular weight excluding hydrogens is 177 g/mol. The Hall–Kier alpha value is -1.18. The zero-order valence-corrected chi connectivity index (χ0v) is 8.33. The number of rotatable bonds is 1. The molecule has 1 nitrogen and oxygen atoms in total. The van der Waals surface area contributed by atoms with Gasteiger partial charge in [-0.1, -0.05) is 19.1 Å². The summed E-state index contributed by atoms with van der Waals surface area (Å²) in [6.07, 6.45) is 2.14. The molecule has 0 aliphatic carbocycles. The van der Waals surface area contributed by atoms with E-state index in [4.69, 9.17) is 0 Å². The zero-order chi connectivity index (χ0) is 9.97. The van der Waals surface area contributed by atoms with Crippen molar-refractivity contribution in [3.8, 4) is 0 Å². The van der Waals surface area contributed by atoms with E-state index in [1.54, 1.807) is 12.1 Å². The van der Waals surface area contributed by atoms with Crippen LogP contribution < -0.4 is 0 Å². The molecule has 0 amide bonds. The average molecular weight is 191 g/mol. The van der Waals surface area contributed by atoms with Gasteiger partial charge in [-0.15, -0.1) is 0 Å². The molecular formula is C12H14FN. The zero-order valence-electron chi connectivity index (χ0n) is 8.33. The molecule has 1 unspecified atom stereocenters. The fourth-order valence-corrected chi connectivity index (χ4v) is 1.72. The number of halogens is 1. The highest BCUT2D eigenvalue weighted by Crippen LogP contribution is 2.18. The third kappa shape index (κ3) is 2.00. The first kappa shape index (κ1) is 9.38. The quantitative estimate of drug-likeness (QED) is 0.647. The van der Waals surface area contributed by atoms with Crippen LogP contribution in [0.5, 0.6) is 0 Å². The summed E-state index contributed by atoms with van der Waals surface area (Å²) in [5, 5.41) is 0. The minimum atomic E-state index is -0.177. The summed E-state index contributed by atoms with van der Waals surface area (Å²) < 4.78 is 12.9. The lowest BCUT2D eigenvalue weighted by molar-refractivity contribution is 0.538. The molecule has 14 heavy (non-hydrogen) atoms. The molecule has 1 aromatic carbocycles. The summed E-state index contributed by atoms with van der Waals surface area (Å²) in [7, 11) is 0. The van der Waals surface area contributed by atoms with Gasteiger partial charge in [0, 0.05) is 12.3 Å². The van der Waals surface area contributed by atoms with Gasteiger partial charge in [0.15, 0.2) is 0 Å². The van der Waals surface area contributed by atoms with Gasteiger partial charge in [0.25, 0.3) is 0 Å².